The van der Waals surface area contributed by atoms with Crippen molar-refractivity contribution in [3.05, 3.63) is 0 Å². The van der Waals surface area contributed by atoms with Crippen LogP contribution in [0.15, 0.2) is 4.36 Å². The quantitative estimate of drug-likeness (QED) is 0.354. The minimum Gasteiger partial charge on any atom is -0.252 e. The first kappa shape index (κ1) is 5.78. The molecule has 0 unspecified atom stereocenters. The molecule has 0 heterocycles. The fourth-order valence-electron chi connectivity index (χ4n) is 0.0293. The number of hydrogen-bond donors (Lipinski definition) is 0. The zero-order valence-corrected chi connectivity index (χ0v) is 4.12. The summed E-state index contributed by atoms with van der Waals surface area (Å²) >= 11 is 4.35. The SMILES string of the molecule is O=S=NC(=O)Cl. The highest BCUT2D eigenvalue weighted by atomic mass is 35.5. The van der Waals surface area contributed by atoms with Gasteiger partial charge in [0.25, 0.3) is 0 Å². The number of carbonyl (C=O) groups is 1. The molecule has 34 valence electrons. The molecule has 0 aromatic rings. The van der Waals surface area contributed by atoms with Crippen molar-refractivity contribution >= 4 is 28.4 Å². The third kappa shape index (κ3) is 3.78. The molecule has 0 aromatic heterocycles. The third-order valence-corrected chi connectivity index (χ3v) is 0.534. The predicted molar refractivity (Wildman–Crippen MR) is 21.8 cm³/mol. The molecule has 0 saturated heterocycles. The second kappa shape index (κ2) is 2.99. The highest BCUT2D eigenvalue weighted by molar-refractivity contribution is 7.55. The van der Waals surface area contributed by atoms with E-state index in [1.807, 2.05) is 0 Å². The van der Waals surface area contributed by atoms with Crippen molar-refractivity contribution in [2.45, 2.75) is 0 Å². The van der Waals surface area contributed by atoms with Crippen molar-refractivity contribution in [1.29, 1.82) is 0 Å². The van der Waals surface area contributed by atoms with Crippen LogP contribution in [-0.2, 0) is 11.5 Å². The molecule has 0 radical (unpaired) electrons. The minimum absolute atomic E-state index is 0.197. The standard InChI is InChI=1S/CClNO2S/c2-1(4)3-6-5. The zero-order valence-electron chi connectivity index (χ0n) is 2.55. The number of halogens is 1. The Morgan fingerprint density at radius 1 is 1.83 bits per heavy atom. The van der Waals surface area contributed by atoms with E-state index in [4.69, 9.17) is 0 Å². The Morgan fingerprint density at radius 2 is 2.33 bits per heavy atom. The molecule has 0 rings (SSSR count). The largest absolute Gasteiger partial charge is 0.352 e. The summed E-state index contributed by atoms with van der Waals surface area (Å²) in [4.78, 5) is 9.42. The molecule has 0 N–H and O–H groups in total. The third-order valence-electron chi connectivity index (χ3n) is 0.109. The first-order chi connectivity index (χ1) is 2.77. The van der Waals surface area contributed by atoms with Gasteiger partial charge in [0.15, 0.2) is 0 Å². The second-order valence-corrected chi connectivity index (χ2v) is 1.07. The molecule has 6 heavy (non-hydrogen) atoms. The van der Waals surface area contributed by atoms with Crippen molar-refractivity contribution in [3.63, 3.8) is 0 Å². The first-order valence-corrected chi connectivity index (χ1v) is 2.04. The van der Waals surface area contributed by atoms with E-state index >= 15 is 0 Å². The summed E-state index contributed by atoms with van der Waals surface area (Å²) in [6.07, 6.45) is 0. The van der Waals surface area contributed by atoms with Crippen LogP contribution in [0.25, 0.3) is 0 Å². The van der Waals surface area contributed by atoms with Crippen LogP contribution in [0.4, 0.5) is 4.79 Å². The zero-order chi connectivity index (χ0) is 4.99. The van der Waals surface area contributed by atoms with Gasteiger partial charge in [-0.3, -0.25) is 4.79 Å². The van der Waals surface area contributed by atoms with Gasteiger partial charge in [0, 0.05) is 0 Å². The van der Waals surface area contributed by atoms with Gasteiger partial charge in [0.2, 0.25) is 11.5 Å². The molecule has 3 nitrogen and oxygen atoms in total. The van der Waals surface area contributed by atoms with E-state index in [-0.39, 0.29) is 11.5 Å². The van der Waals surface area contributed by atoms with Gasteiger partial charge >= 0.3 is 5.37 Å². The Kier molecular flexibility index (Phi) is 2.88. The predicted octanol–water partition coefficient (Wildman–Crippen LogP) is 0.742. The van der Waals surface area contributed by atoms with E-state index in [9.17, 15) is 9.00 Å². The number of hydrogen-bond acceptors (Lipinski definition) is 2. The lowest BCUT2D eigenvalue weighted by molar-refractivity contribution is 0.267. The fourth-order valence-corrected chi connectivity index (χ4v) is 0.172. The average Bonchev–Trinajstić information content (AvgIpc) is 1.35. The Morgan fingerprint density at radius 3 is 2.33 bits per heavy atom. The Bertz CT molecular complexity index is 106. The molecule has 0 saturated carbocycles. The van der Waals surface area contributed by atoms with E-state index < -0.39 is 5.37 Å². The molecule has 0 spiro atoms. The van der Waals surface area contributed by atoms with Crippen LogP contribution in [0.3, 0.4) is 0 Å². The summed E-state index contributed by atoms with van der Waals surface area (Å²) in [5.74, 6) is 0. The van der Waals surface area contributed by atoms with E-state index in [0.29, 0.717) is 0 Å². The lowest BCUT2D eigenvalue weighted by atomic mass is 11.5. The van der Waals surface area contributed by atoms with Crippen LogP contribution >= 0.6 is 11.6 Å². The van der Waals surface area contributed by atoms with Crippen LogP contribution in [0.2, 0.25) is 0 Å². The fraction of sp³-hybridized carbons (Fsp3) is 0. The second-order valence-electron chi connectivity index (χ2n) is 0.419. The van der Waals surface area contributed by atoms with Crippen molar-refractivity contribution in [2.24, 2.45) is 4.36 Å². The van der Waals surface area contributed by atoms with Crippen molar-refractivity contribution in [2.75, 3.05) is 0 Å². The molecule has 0 aromatic carbocycles. The van der Waals surface area contributed by atoms with Gasteiger partial charge in [-0.1, -0.05) is 0 Å². The van der Waals surface area contributed by atoms with Crippen molar-refractivity contribution < 1.29 is 9.00 Å². The van der Waals surface area contributed by atoms with Gasteiger partial charge in [0.1, 0.15) is 0 Å². The van der Waals surface area contributed by atoms with Crippen LogP contribution < -0.4 is 0 Å². The number of carbonyl (C=O) groups excluding carboxylic acids is 1. The van der Waals surface area contributed by atoms with Gasteiger partial charge in [-0.15, -0.1) is 4.36 Å². The number of rotatable bonds is 0. The molecule has 0 aliphatic rings. The summed E-state index contributed by atoms with van der Waals surface area (Å²) in [6, 6.07) is 0. The summed E-state index contributed by atoms with van der Waals surface area (Å²) in [7, 11) is 0. The lowest BCUT2D eigenvalue weighted by Crippen LogP contribution is -1.64. The van der Waals surface area contributed by atoms with Gasteiger partial charge in [-0.2, -0.15) is 4.21 Å². The van der Waals surface area contributed by atoms with E-state index in [2.05, 4.69) is 16.0 Å². The summed E-state index contributed by atoms with van der Waals surface area (Å²) < 4.78 is 11.8. The Hall–Kier alpha value is -0.220. The smallest absolute Gasteiger partial charge is 0.252 e. The van der Waals surface area contributed by atoms with Crippen LogP contribution in [-0.4, -0.2) is 9.58 Å². The highest BCUT2D eigenvalue weighted by Gasteiger charge is 1.80. The topological polar surface area (TPSA) is 46.5 Å². The average molecular weight is 126 g/mol. The maximum absolute atomic E-state index is 9.42. The monoisotopic (exact) mass is 125 g/mol. The summed E-state index contributed by atoms with van der Waals surface area (Å²) in [6.45, 7) is 0. The minimum atomic E-state index is -0.963. The summed E-state index contributed by atoms with van der Waals surface area (Å²) in [5.41, 5.74) is 0. The molecule has 0 aliphatic heterocycles. The van der Waals surface area contributed by atoms with Crippen molar-refractivity contribution in [1.82, 2.24) is 0 Å². The number of amides is 1. The van der Waals surface area contributed by atoms with Gasteiger partial charge in [-0.05, 0) is 11.6 Å². The molecule has 0 atom stereocenters. The molecule has 0 bridgehead atoms. The normalized spacial score (nSPS) is 6.83. The van der Waals surface area contributed by atoms with Crippen LogP contribution in [0, 0.1) is 0 Å². The Balaban J connectivity index is 3.60. The van der Waals surface area contributed by atoms with Crippen molar-refractivity contribution in [3.8, 4) is 0 Å². The number of nitrogens with zero attached hydrogens (tertiary/aromatic N) is 1. The van der Waals surface area contributed by atoms with Gasteiger partial charge in [0.05, 0.1) is 0 Å². The van der Waals surface area contributed by atoms with Gasteiger partial charge in [-0.25, -0.2) is 0 Å². The molecule has 1 amide bonds. The lowest BCUT2D eigenvalue weighted by Gasteiger charge is -1.57. The molecular formula is CClNO2S. The molecular weight excluding hydrogens is 126 g/mol. The van der Waals surface area contributed by atoms with E-state index in [1.54, 1.807) is 0 Å². The van der Waals surface area contributed by atoms with Crippen LogP contribution in [0.1, 0.15) is 0 Å². The first-order valence-electron chi connectivity index (χ1n) is 0.966. The maximum atomic E-state index is 9.42. The van der Waals surface area contributed by atoms with Gasteiger partial charge < -0.3 is 0 Å². The van der Waals surface area contributed by atoms with E-state index in [1.165, 1.54) is 0 Å². The molecule has 0 fully saturated rings. The highest BCUT2D eigenvalue weighted by Crippen LogP contribution is 1.79. The van der Waals surface area contributed by atoms with E-state index in [0.717, 1.165) is 0 Å². The molecule has 5 heteroatoms. The summed E-state index contributed by atoms with van der Waals surface area (Å²) in [5, 5.41) is -0.963. The maximum Gasteiger partial charge on any atom is 0.352 e. The Labute approximate surface area is 42.5 Å². The van der Waals surface area contributed by atoms with Crippen LogP contribution in [0.5, 0.6) is 0 Å². The molecule has 0 aliphatic carbocycles.